The number of nitrogens with zero attached hydrogens (tertiary/aromatic N) is 3. The standard InChI is InChI=1S/C21H23F3N4O2/c22-16-5-2-14(3-6-16)1-4-15-11-26-8-7-18(15)20(30)27-12-19(29)28-13-21(23,24)9-17(28)10-25/h1,4,7-8,11,14,16-17H,2-3,5-6,9,12-13H2,(H,27,30)/b4-1+. The van der Waals surface area contributed by atoms with Gasteiger partial charge in [-0.2, -0.15) is 5.26 Å². The van der Waals surface area contributed by atoms with Crippen molar-refractivity contribution < 1.29 is 22.8 Å². The quantitative estimate of drug-likeness (QED) is 0.793. The zero-order valence-corrected chi connectivity index (χ0v) is 16.4. The van der Waals surface area contributed by atoms with Crippen LogP contribution in [0.4, 0.5) is 13.2 Å². The Morgan fingerprint density at radius 1 is 1.33 bits per heavy atom. The van der Waals surface area contributed by atoms with Crippen LogP contribution in [0.5, 0.6) is 0 Å². The minimum absolute atomic E-state index is 0.231. The van der Waals surface area contributed by atoms with E-state index in [1.165, 1.54) is 18.5 Å². The zero-order chi connectivity index (χ0) is 21.7. The fourth-order valence-corrected chi connectivity index (χ4v) is 3.80. The normalized spacial score (nSPS) is 25.8. The Morgan fingerprint density at radius 3 is 2.77 bits per heavy atom. The fourth-order valence-electron chi connectivity index (χ4n) is 3.80. The molecule has 0 aromatic carbocycles. The highest BCUT2D eigenvalue weighted by atomic mass is 19.3. The number of halogens is 3. The second kappa shape index (κ2) is 9.28. The van der Waals surface area contributed by atoms with Gasteiger partial charge in [0.25, 0.3) is 11.8 Å². The highest BCUT2D eigenvalue weighted by Gasteiger charge is 2.47. The van der Waals surface area contributed by atoms with Gasteiger partial charge in [0.15, 0.2) is 0 Å². The molecule has 2 amide bonds. The second-order valence-electron chi connectivity index (χ2n) is 7.74. The van der Waals surface area contributed by atoms with Crippen molar-refractivity contribution in [2.75, 3.05) is 13.1 Å². The van der Waals surface area contributed by atoms with Gasteiger partial charge in [-0.25, -0.2) is 13.2 Å². The number of carbonyl (C=O) groups excluding carboxylic acids is 2. The van der Waals surface area contributed by atoms with Gasteiger partial charge in [0.2, 0.25) is 5.91 Å². The Balaban J connectivity index is 1.61. The molecular formula is C21H23F3N4O2. The summed E-state index contributed by atoms with van der Waals surface area (Å²) in [5.41, 5.74) is 0.837. The van der Waals surface area contributed by atoms with Gasteiger partial charge < -0.3 is 10.2 Å². The lowest BCUT2D eigenvalue weighted by Crippen LogP contribution is -2.43. The molecule has 2 aliphatic rings. The lowest BCUT2D eigenvalue weighted by Gasteiger charge is -2.21. The van der Waals surface area contributed by atoms with Crippen LogP contribution < -0.4 is 5.32 Å². The molecule has 1 aromatic rings. The first kappa shape index (κ1) is 21.8. The number of allylic oxidation sites excluding steroid dienone is 1. The Labute approximate surface area is 172 Å². The monoisotopic (exact) mass is 420 g/mol. The Hall–Kier alpha value is -2.89. The van der Waals surface area contributed by atoms with Crippen LogP contribution in [0, 0.1) is 17.2 Å². The third-order valence-electron chi connectivity index (χ3n) is 5.49. The maximum Gasteiger partial charge on any atom is 0.268 e. The van der Waals surface area contributed by atoms with Crippen LogP contribution in [0.3, 0.4) is 0 Å². The van der Waals surface area contributed by atoms with E-state index in [4.69, 9.17) is 5.26 Å². The SMILES string of the molecule is N#CC1CC(F)(F)CN1C(=O)CNC(=O)c1ccncc1/C=C/C1CCC(F)CC1. The summed E-state index contributed by atoms with van der Waals surface area (Å²) >= 11 is 0. The molecule has 1 N–H and O–H groups in total. The summed E-state index contributed by atoms with van der Waals surface area (Å²) in [5.74, 6) is -4.15. The first-order valence-electron chi connectivity index (χ1n) is 9.90. The second-order valence-corrected chi connectivity index (χ2v) is 7.74. The molecule has 9 heteroatoms. The van der Waals surface area contributed by atoms with E-state index in [0.29, 0.717) is 18.4 Å². The van der Waals surface area contributed by atoms with Crippen molar-refractivity contribution in [1.82, 2.24) is 15.2 Å². The molecule has 1 saturated heterocycles. The van der Waals surface area contributed by atoms with Gasteiger partial charge in [-0.1, -0.05) is 12.2 Å². The van der Waals surface area contributed by atoms with E-state index in [9.17, 15) is 22.8 Å². The van der Waals surface area contributed by atoms with Gasteiger partial charge in [-0.05, 0) is 37.7 Å². The summed E-state index contributed by atoms with van der Waals surface area (Å²) in [6, 6.07) is 2.00. The number of carbonyl (C=O) groups is 2. The Bertz CT molecular complexity index is 860. The molecule has 0 bridgehead atoms. The molecule has 30 heavy (non-hydrogen) atoms. The lowest BCUT2D eigenvalue weighted by molar-refractivity contribution is -0.131. The van der Waals surface area contributed by atoms with Crippen molar-refractivity contribution in [1.29, 1.82) is 5.26 Å². The van der Waals surface area contributed by atoms with Crippen molar-refractivity contribution in [3.8, 4) is 6.07 Å². The number of rotatable bonds is 5. The number of pyridine rings is 1. The van der Waals surface area contributed by atoms with Crippen molar-refractivity contribution in [3.63, 3.8) is 0 Å². The zero-order valence-electron chi connectivity index (χ0n) is 16.4. The summed E-state index contributed by atoms with van der Waals surface area (Å²) < 4.78 is 40.3. The minimum atomic E-state index is -3.11. The van der Waals surface area contributed by atoms with E-state index in [2.05, 4.69) is 10.3 Å². The smallest absolute Gasteiger partial charge is 0.268 e. The van der Waals surface area contributed by atoms with Gasteiger partial charge in [0.05, 0.1) is 19.2 Å². The van der Waals surface area contributed by atoms with Gasteiger partial charge in [0, 0.05) is 29.9 Å². The minimum Gasteiger partial charge on any atom is -0.343 e. The van der Waals surface area contributed by atoms with Gasteiger partial charge in [0.1, 0.15) is 12.2 Å². The molecule has 0 radical (unpaired) electrons. The highest BCUT2D eigenvalue weighted by molar-refractivity contribution is 5.99. The molecule has 0 spiro atoms. The number of nitrogens with one attached hydrogen (secondary N) is 1. The topological polar surface area (TPSA) is 86.1 Å². The number of alkyl halides is 3. The van der Waals surface area contributed by atoms with Gasteiger partial charge >= 0.3 is 0 Å². The molecule has 2 fully saturated rings. The number of hydrogen-bond donors (Lipinski definition) is 1. The molecule has 1 saturated carbocycles. The van der Waals surface area contributed by atoms with Crippen molar-refractivity contribution in [2.24, 2.45) is 5.92 Å². The van der Waals surface area contributed by atoms with Crippen LogP contribution in [-0.4, -0.2) is 52.9 Å². The molecule has 1 atom stereocenters. The predicted octanol–water partition coefficient (Wildman–Crippen LogP) is 3.11. The molecule has 6 nitrogen and oxygen atoms in total. The summed E-state index contributed by atoms with van der Waals surface area (Å²) in [6.45, 7) is -1.32. The Morgan fingerprint density at radius 2 is 2.07 bits per heavy atom. The molecule has 3 rings (SSSR count). The van der Waals surface area contributed by atoms with Gasteiger partial charge in [-0.3, -0.25) is 14.6 Å². The van der Waals surface area contributed by atoms with Crippen molar-refractivity contribution in [2.45, 2.75) is 50.2 Å². The van der Waals surface area contributed by atoms with Crippen LogP contribution in [0.2, 0.25) is 0 Å². The molecule has 1 unspecified atom stereocenters. The maximum atomic E-state index is 13.5. The molecule has 1 aliphatic carbocycles. The molecule has 160 valence electrons. The lowest BCUT2D eigenvalue weighted by atomic mass is 9.87. The molecule has 2 heterocycles. The average Bonchev–Trinajstić information content (AvgIpc) is 3.06. The van der Waals surface area contributed by atoms with Crippen LogP contribution in [0.25, 0.3) is 6.08 Å². The van der Waals surface area contributed by atoms with Crippen molar-refractivity contribution >= 4 is 17.9 Å². The van der Waals surface area contributed by atoms with E-state index in [-0.39, 0.29) is 11.5 Å². The fraction of sp³-hybridized carbons (Fsp3) is 0.524. The van der Waals surface area contributed by atoms with E-state index in [1.54, 1.807) is 12.1 Å². The predicted molar refractivity (Wildman–Crippen MR) is 103 cm³/mol. The summed E-state index contributed by atoms with van der Waals surface area (Å²) in [5, 5.41) is 11.4. The maximum absolute atomic E-state index is 13.5. The van der Waals surface area contributed by atoms with E-state index in [0.717, 1.165) is 17.7 Å². The number of hydrogen-bond acceptors (Lipinski definition) is 4. The summed E-state index contributed by atoms with van der Waals surface area (Å²) in [6.07, 6.45) is 7.75. The van der Waals surface area contributed by atoms with E-state index < -0.39 is 49.5 Å². The van der Waals surface area contributed by atoms with Crippen LogP contribution in [0.1, 0.15) is 48.0 Å². The summed E-state index contributed by atoms with van der Waals surface area (Å²) in [7, 11) is 0. The van der Waals surface area contributed by atoms with E-state index in [1.807, 2.05) is 6.08 Å². The number of amides is 2. The number of nitriles is 1. The largest absolute Gasteiger partial charge is 0.343 e. The van der Waals surface area contributed by atoms with Crippen molar-refractivity contribution in [3.05, 3.63) is 35.7 Å². The summed E-state index contributed by atoms with van der Waals surface area (Å²) in [4.78, 5) is 29.6. The third-order valence-corrected chi connectivity index (χ3v) is 5.49. The average molecular weight is 420 g/mol. The van der Waals surface area contributed by atoms with E-state index >= 15 is 0 Å². The highest BCUT2D eigenvalue weighted by Crippen LogP contribution is 2.31. The molecular weight excluding hydrogens is 397 g/mol. The van der Waals surface area contributed by atoms with Crippen LogP contribution >= 0.6 is 0 Å². The first-order chi connectivity index (χ1) is 14.3. The number of likely N-dealkylation sites (tertiary alicyclic amines) is 1. The Kier molecular flexibility index (Phi) is 6.75. The number of aromatic nitrogens is 1. The van der Waals surface area contributed by atoms with Gasteiger partial charge in [-0.15, -0.1) is 0 Å². The first-order valence-corrected chi connectivity index (χ1v) is 9.90. The van der Waals surface area contributed by atoms with Crippen LogP contribution in [-0.2, 0) is 4.79 Å². The molecule has 1 aromatic heterocycles. The van der Waals surface area contributed by atoms with Crippen LogP contribution in [0.15, 0.2) is 24.5 Å². The molecule has 1 aliphatic heterocycles. The third kappa shape index (κ3) is 5.38.